The zero-order valence-electron chi connectivity index (χ0n) is 9.89. The zero-order chi connectivity index (χ0) is 11.9. The second kappa shape index (κ2) is 3.82. The molecule has 0 nitrogen and oxygen atoms in total. The zero-order valence-corrected chi connectivity index (χ0v) is 10.7. The number of rotatable bonds is 0. The molecule has 0 bridgehead atoms. The standard InChI is InChI=1S/C17H12S/c1-2-6-12-10-15-14-8-4-5-9-16(14)18-17(15)11-13(12)7-3-1/h2-11H,1H2. The summed E-state index contributed by atoms with van der Waals surface area (Å²) in [4.78, 5) is 0. The number of allylic oxidation sites excluding steroid dienone is 2. The van der Waals surface area contributed by atoms with E-state index in [9.17, 15) is 0 Å². The largest absolute Gasteiger partial charge is 0.135 e. The predicted octanol–water partition coefficient (Wildman–Crippen LogP) is 5.48. The van der Waals surface area contributed by atoms with Crippen LogP contribution < -0.4 is 0 Å². The molecule has 1 aliphatic rings. The van der Waals surface area contributed by atoms with E-state index in [4.69, 9.17) is 0 Å². The summed E-state index contributed by atoms with van der Waals surface area (Å²) in [6.07, 6.45) is 9.95. The molecule has 0 saturated carbocycles. The van der Waals surface area contributed by atoms with Gasteiger partial charge in [0, 0.05) is 20.2 Å². The molecule has 0 atom stereocenters. The fourth-order valence-electron chi connectivity index (χ4n) is 2.56. The van der Waals surface area contributed by atoms with Crippen LogP contribution in [0.4, 0.5) is 0 Å². The maximum atomic E-state index is 2.33. The summed E-state index contributed by atoms with van der Waals surface area (Å²) in [5.74, 6) is 0. The van der Waals surface area contributed by atoms with Crippen LogP contribution in [0.5, 0.6) is 0 Å². The molecule has 4 rings (SSSR count). The fourth-order valence-corrected chi connectivity index (χ4v) is 3.70. The Bertz CT molecular complexity index is 803. The van der Waals surface area contributed by atoms with E-state index in [0.717, 1.165) is 6.42 Å². The van der Waals surface area contributed by atoms with Gasteiger partial charge in [-0.3, -0.25) is 0 Å². The average molecular weight is 248 g/mol. The van der Waals surface area contributed by atoms with Crippen molar-refractivity contribution in [3.8, 4) is 0 Å². The predicted molar refractivity (Wildman–Crippen MR) is 82.0 cm³/mol. The molecule has 1 heteroatoms. The van der Waals surface area contributed by atoms with E-state index in [2.05, 4.69) is 60.7 Å². The van der Waals surface area contributed by atoms with Gasteiger partial charge < -0.3 is 0 Å². The van der Waals surface area contributed by atoms with Gasteiger partial charge in [0.1, 0.15) is 0 Å². The van der Waals surface area contributed by atoms with Crippen LogP contribution in [0.3, 0.4) is 0 Å². The van der Waals surface area contributed by atoms with Gasteiger partial charge in [0.05, 0.1) is 0 Å². The Balaban J connectivity index is 2.15. The summed E-state index contributed by atoms with van der Waals surface area (Å²) in [6, 6.07) is 13.3. The molecule has 1 heterocycles. The van der Waals surface area contributed by atoms with Crippen LogP contribution in [0.1, 0.15) is 17.5 Å². The molecule has 0 amide bonds. The molecule has 18 heavy (non-hydrogen) atoms. The Labute approximate surface area is 110 Å². The smallest absolute Gasteiger partial charge is 0.0361 e. The molecular weight excluding hydrogens is 236 g/mol. The minimum Gasteiger partial charge on any atom is -0.135 e. The number of hydrogen-bond donors (Lipinski definition) is 0. The quantitative estimate of drug-likeness (QED) is 0.494. The van der Waals surface area contributed by atoms with Crippen molar-refractivity contribution in [2.24, 2.45) is 0 Å². The molecule has 1 aliphatic carbocycles. The molecule has 0 fully saturated rings. The van der Waals surface area contributed by atoms with Crippen LogP contribution >= 0.6 is 11.3 Å². The topological polar surface area (TPSA) is 0 Å². The van der Waals surface area contributed by atoms with Crippen LogP contribution in [0, 0.1) is 0 Å². The molecule has 0 aliphatic heterocycles. The normalized spacial score (nSPS) is 14.0. The van der Waals surface area contributed by atoms with Gasteiger partial charge >= 0.3 is 0 Å². The second-order valence-electron chi connectivity index (χ2n) is 4.62. The van der Waals surface area contributed by atoms with Crippen molar-refractivity contribution >= 4 is 43.7 Å². The van der Waals surface area contributed by atoms with Crippen molar-refractivity contribution in [2.75, 3.05) is 0 Å². The van der Waals surface area contributed by atoms with Gasteiger partial charge in [-0.1, -0.05) is 42.5 Å². The van der Waals surface area contributed by atoms with E-state index in [1.807, 2.05) is 11.3 Å². The van der Waals surface area contributed by atoms with Crippen molar-refractivity contribution in [2.45, 2.75) is 6.42 Å². The van der Waals surface area contributed by atoms with Crippen molar-refractivity contribution < 1.29 is 0 Å². The first-order valence-corrected chi connectivity index (χ1v) is 7.02. The third-order valence-corrected chi connectivity index (χ3v) is 4.58. The molecule has 1 aromatic heterocycles. The van der Waals surface area contributed by atoms with E-state index in [1.165, 1.54) is 31.3 Å². The Morgan fingerprint density at radius 2 is 1.56 bits per heavy atom. The van der Waals surface area contributed by atoms with Gasteiger partial charge in [-0.25, -0.2) is 0 Å². The highest BCUT2D eigenvalue weighted by Gasteiger charge is 2.08. The van der Waals surface area contributed by atoms with Crippen molar-refractivity contribution in [3.63, 3.8) is 0 Å². The molecule has 0 unspecified atom stereocenters. The minimum atomic E-state index is 1.03. The van der Waals surface area contributed by atoms with Gasteiger partial charge in [-0.2, -0.15) is 0 Å². The van der Waals surface area contributed by atoms with Crippen LogP contribution in [0.2, 0.25) is 0 Å². The first-order valence-electron chi connectivity index (χ1n) is 6.20. The third kappa shape index (κ3) is 1.44. The molecule has 3 aromatic rings. The lowest BCUT2D eigenvalue weighted by Gasteiger charge is -2.01. The highest BCUT2D eigenvalue weighted by molar-refractivity contribution is 7.25. The van der Waals surface area contributed by atoms with Crippen LogP contribution in [-0.2, 0) is 0 Å². The van der Waals surface area contributed by atoms with Gasteiger partial charge in [0.15, 0.2) is 0 Å². The van der Waals surface area contributed by atoms with E-state index in [0.29, 0.717) is 0 Å². The second-order valence-corrected chi connectivity index (χ2v) is 5.70. The molecule has 2 aromatic carbocycles. The SMILES string of the molecule is C1=Cc2cc3sc4ccccc4c3cc2C=CC1. The highest BCUT2D eigenvalue weighted by Crippen LogP contribution is 2.36. The fraction of sp³-hybridized carbons (Fsp3) is 0.0588. The van der Waals surface area contributed by atoms with Crippen LogP contribution in [-0.4, -0.2) is 0 Å². The summed E-state index contributed by atoms with van der Waals surface area (Å²) in [5, 5.41) is 2.76. The average Bonchev–Trinajstić information content (AvgIpc) is 2.59. The van der Waals surface area contributed by atoms with Crippen molar-refractivity contribution in [1.29, 1.82) is 0 Å². The van der Waals surface area contributed by atoms with Gasteiger partial charge in [-0.05, 0) is 35.7 Å². The Morgan fingerprint density at radius 3 is 2.44 bits per heavy atom. The van der Waals surface area contributed by atoms with Crippen LogP contribution in [0.15, 0.2) is 48.6 Å². The molecule has 0 radical (unpaired) electrons. The summed E-state index contributed by atoms with van der Waals surface area (Å²) in [5.41, 5.74) is 2.67. The lowest BCUT2D eigenvalue weighted by molar-refractivity contribution is 1.44. The summed E-state index contributed by atoms with van der Waals surface area (Å²) >= 11 is 1.88. The van der Waals surface area contributed by atoms with E-state index in [1.54, 1.807) is 0 Å². The van der Waals surface area contributed by atoms with Crippen molar-refractivity contribution in [1.82, 2.24) is 0 Å². The molecule has 0 N–H and O–H groups in total. The number of thiophene rings is 1. The number of fused-ring (bicyclic) bond motifs is 4. The van der Waals surface area contributed by atoms with E-state index < -0.39 is 0 Å². The van der Waals surface area contributed by atoms with Crippen molar-refractivity contribution in [3.05, 3.63) is 59.7 Å². The monoisotopic (exact) mass is 248 g/mol. The third-order valence-electron chi connectivity index (χ3n) is 3.45. The lowest BCUT2D eigenvalue weighted by atomic mass is 10.0. The minimum absolute atomic E-state index is 1.03. The van der Waals surface area contributed by atoms with E-state index >= 15 is 0 Å². The Morgan fingerprint density at radius 1 is 0.778 bits per heavy atom. The highest BCUT2D eigenvalue weighted by atomic mass is 32.1. The van der Waals surface area contributed by atoms with Gasteiger partial charge in [-0.15, -0.1) is 11.3 Å². The summed E-state index contributed by atoms with van der Waals surface area (Å²) in [7, 11) is 0. The number of hydrogen-bond acceptors (Lipinski definition) is 1. The van der Waals surface area contributed by atoms with E-state index in [-0.39, 0.29) is 0 Å². The summed E-state index contributed by atoms with van der Waals surface area (Å²) < 4.78 is 2.76. The molecular formula is C17H12S. The molecule has 86 valence electrons. The molecule has 0 saturated heterocycles. The van der Waals surface area contributed by atoms with Gasteiger partial charge in [0.2, 0.25) is 0 Å². The maximum Gasteiger partial charge on any atom is 0.0361 e. The molecule has 0 spiro atoms. The Kier molecular flexibility index (Phi) is 2.14. The maximum absolute atomic E-state index is 2.33. The Hall–Kier alpha value is -1.86. The van der Waals surface area contributed by atoms with Gasteiger partial charge in [0.25, 0.3) is 0 Å². The summed E-state index contributed by atoms with van der Waals surface area (Å²) in [6.45, 7) is 0. The first-order chi connectivity index (χ1) is 8.92. The first kappa shape index (κ1) is 10.1. The van der Waals surface area contributed by atoms with Crippen LogP contribution in [0.25, 0.3) is 32.3 Å². The lowest BCUT2D eigenvalue weighted by Crippen LogP contribution is -1.79. The number of benzene rings is 2.